The second-order valence-corrected chi connectivity index (χ2v) is 5.36. The van der Waals surface area contributed by atoms with Crippen LogP contribution < -0.4 is 5.32 Å². The Hall–Kier alpha value is -3.21. The molecule has 120 valence electrons. The summed E-state index contributed by atoms with van der Waals surface area (Å²) in [5.41, 5.74) is 2.20. The van der Waals surface area contributed by atoms with Crippen LogP contribution in [0.25, 0.3) is 0 Å². The number of anilines is 1. The van der Waals surface area contributed by atoms with Crippen LogP contribution in [-0.4, -0.2) is 21.0 Å². The average molecular weight is 319 g/mol. The summed E-state index contributed by atoms with van der Waals surface area (Å²) in [7, 11) is 0. The number of aromatic carboxylic acids is 1. The van der Waals surface area contributed by atoms with Crippen molar-refractivity contribution in [1.29, 1.82) is 0 Å². The normalized spacial score (nSPS) is 10.3. The van der Waals surface area contributed by atoms with Gasteiger partial charge >= 0.3 is 5.97 Å². The number of aromatic nitrogens is 2. The van der Waals surface area contributed by atoms with Gasteiger partial charge in [-0.2, -0.15) is 0 Å². The number of nitrogens with zero attached hydrogens (tertiary/aromatic N) is 2. The van der Waals surface area contributed by atoms with Gasteiger partial charge in [-0.1, -0.05) is 60.7 Å². The van der Waals surface area contributed by atoms with Gasteiger partial charge in [0.25, 0.3) is 0 Å². The van der Waals surface area contributed by atoms with Crippen molar-refractivity contribution >= 4 is 11.8 Å². The molecule has 0 bridgehead atoms. The lowest BCUT2D eigenvalue weighted by molar-refractivity contribution is 0.0697. The summed E-state index contributed by atoms with van der Waals surface area (Å²) in [5.74, 6) is -0.120. The maximum atomic E-state index is 11.4. The van der Waals surface area contributed by atoms with Gasteiger partial charge in [0.1, 0.15) is 17.2 Å². The highest BCUT2D eigenvalue weighted by Gasteiger charge is 2.13. The molecule has 1 aromatic heterocycles. The van der Waals surface area contributed by atoms with Gasteiger partial charge in [0.05, 0.1) is 0 Å². The number of hydrogen-bond acceptors (Lipinski definition) is 4. The molecule has 3 rings (SSSR count). The zero-order valence-electron chi connectivity index (χ0n) is 13.0. The van der Waals surface area contributed by atoms with E-state index in [0.29, 0.717) is 24.6 Å². The molecule has 5 nitrogen and oxygen atoms in total. The molecule has 0 saturated carbocycles. The quantitative estimate of drug-likeness (QED) is 0.728. The Morgan fingerprint density at radius 3 is 2.21 bits per heavy atom. The third-order valence-corrected chi connectivity index (χ3v) is 3.58. The van der Waals surface area contributed by atoms with E-state index in [0.717, 1.165) is 11.1 Å². The minimum atomic E-state index is -1.04. The van der Waals surface area contributed by atoms with Crippen molar-refractivity contribution in [3.05, 3.63) is 89.4 Å². The van der Waals surface area contributed by atoms with Crippen LogP contribution in [0.3, 0.4) is 0 Å². The SMILES string of the molecule is O=C(O)c1cnc(Cc2ccccc2)nc1NCc1ccccc1. The fourth-order valence-corrected chi connectivity index (χ4v) is 2.35. The van der Waals surface area contributed by atoms with E-state index in [9.17, 15) is 9.90 Å². The van der Waals surface area contributed by atoms with Crippen LogP contribution in [0.4, 0.5) is 5.82 Å². The third-order valence-electron chi connectivity index (χ3n) is 3.58. The number of hydrogen-bond donors (Lipinski definition) is 2. The smallest absolute Gasteiger partial charge is 0.341 e. The highest BCUT2D eigenvalue weighted by Crippen LogP contribution is 2.15. The van der Waals surface area contributed by atoms with E-state index in [1.807, 2.05) is 60.7 Å². The molecule has 2 aromatic carbocycles. The van der Waals surface area contributed by atoms with E-state index in [-0.39, 0.29) is 5.56 Å². The van der Waals surface area contributed by atoms with Gasteiger partial charge in [0.2, 0.25) is 0 Å². The lowest BCUT2D eigenvalue weighted by Gasteiger charge is -2.10. The first kappa shape index (κ1) is 15.7. The molecule has 0 unspecified atom stereocenters. The molecule has 3 aromatic rings. The summed E-state index contributed by atoms with van der Waals surface area (Å²) in [4.78, 5) is 20.0. The minimum Gasteiger partial charge on any atom is -0.477 e. The number of benzene rings is 2. The zero-order valence-corrected chi connectivity index (χ0v) is 13.0. The Kier molecular flexibility index (Phi) is 4.81. The van der Waals surface area contributed by atoms with E-state index in [1.165, 1.54) is 6.20 Å². The van der Waals surface area contributed by atoms with E-state index in [1.54, 1.807) is 0 Å². The number of carboxylic acids is 1. The summed E-state index contributed by atoms with van der Waals surface area (Å²) >= 11 is 0. The van der Waals surface area contributed by atoms with Gasteiger partial charge in [-0.15, -0.1) is 0 Å². The molecule has 0 spiro atoms. The van der Waals surface area contributed by atoms with E-state index >= 15 is 0 Å². The molecular weight excluding hydrogens is 302 g/mol. The maximum absolute atomic E-state index is 11.4. The largest absolute Gasteiger partial charge is 0.477 e. The maximum Gasteiger partial charge on any atom is 0.341 e. The molecule has 0 aliphatic heterocycles. The Balaban J connectivity index is 1.82. The molecule has 24 heavy (non-hydrogen) atoms. The van der Waals surface area contributed by atoms with Crippen LogP contribution in [-0.2, 0) is 13.0 Å². The van der Waals surface area contributed by atoms with E-state index in [2.05, 4.69) is 15.3 Å². The third kappa shape index (κ3) is 3.95. The lowest BCUT2D eigenvalue weighted by atomic mass is 10.1. The number of nitrogens with one attached hydrogen (secondary N) is 1. The first-order valence-corrected chi connectivity index (χ1v) is 7.63. The summed E-state index contributed by atoms with van der Waals surface area (Å²) < 4.78 is 0. The highest BCUT2D eigenvalue weighted by atomic mass is 16.4. The topological polar surface area (TPSA) is 75.1 Å². The van der Waals surface area contributed by atoms with Crippen LogP contribution in [0.5, 0.6) is 0 Å². The summed E-state index contributed by atoms with van der Waals surface area (Å²) in [6.45, 7) is 0.503. The van der Waals surface area contributed by atoms with Crippen molar-refractivity contribution in [3.63, 3.8) is 0 Å². The molecule has 0 amide bonds. The summed E-state index contributed by atoms with van der Waals surface area (Å²) in [6.07, 6.45) is 1.92. The van der Waals surface area contributed by atoms with Crippen molar-refractivity contribution in [2.24, 2.45) is 0 Å². The minimum absolute atomic E-state index is 0.0720. The van der Waals surface area contributed by atoms with Crippen molar-refractivity contribution in [2.75, 3.05) is 5.32 Å². The van der Waals surface area contributed by atoms with Crippen LogP contribution in [0.15, 0.2) is 66.9 Å². The molecule has 0 aliphatic rings. The van der Waals surface area contributed by atoms with Gasteiger partial charge in [-0.25, -0.2) is 14.8 Å². The Morgan fingerprint density at radius 1 is 0.958 bits per heavy atom. The van der Waals surface area contributed by atoms with Crippen molar-refractivity contribution in [1.82, 2.24) is 9.97 Å². The average Bonchev–Trinajstić information content (AvgIpc) is 2.61. The van der Waals surface area contributed by atoms with Crippen LogP contribution in [0.1, 0.15) is 27.3 Å². The molecule has 0 atom stereocenters. The monoisotopic (exact) mass is 319 g/mol. The van der Waals surface area contributed by atoms with Gasteiger partial charge < -0.3 is 10.4 Å². The number of carbonyl (C=O) groups is 1. The van der Waals surface area contributed by atoms with Crippen molar-refractivity contribution in [2.45, 2.75) is 13.0 Å². The van der Waals surface area contributed by atoms with Crippen molar-refractivity contribution in [3.8, 4) is 0 Å². The molecular formula is C19H17N3O2. The summed E-state index contributed by atoms with van der Waals surface area (Å²) in [5, 5.41) is 12.4. The van der Waals surface area contributed by atoms with Gasteiger partial charge in [-0.3, -0.25) is 0 Å². The molecule has 2 N–H and O–H groups in total. The fourth-order valence-electron chi connectivity index (χ4n) is 2.35. The van der Waals surface area contributed by atoms with Crippen LogP contribution in [0, 0.1) is 0 Å². The Labute approximate surface area is 140 Å². The first-order valence-electron chi connectivity index (χ1n) is 7.63. The predicted molar refractivity (Wildman–Crippen MR) is 92.0 cm³/mol. The van der Waals surface area contributed by atoms with Crippen molar-refractivity contribution < 1.29 is 9.90 Å². The van der Waals surface area contributed by atoms with Gasteiger partial charge in [0, 0.05) is 19.2 Å². The molecule has 0 radical (unpaired) electrons. The molecule has 5 heteroatoms. The lowest BCUT2D eigenvalue weighted by Crippen LogP contribution is -2.11. The van der Waals surface area contributed by atoms with Gasteiger partial charge in [-0.05, 0) is 11.1 Å². The Bertz CT molecular complexity index is 821. The molecule has 1 heterocycles. The van der Waals surface area contributed by atoms with Crippen LogP contribution >= 0.6 is 0 Å². The molecule has 0 saturated heterocycles. The van der Waals surface area contributed by atoms with Gasteiger partial charge in [0.15, 0.2) is 0 Å². The molecule has 0 aliphatic carbocycles. The highest BCUT2D eigenvalue weighted by molar-refractivity contribution is 5.92. The number of rotatable bonds is 6. The Morgan fingerprint density at radius 2 is 1.58 bits per heavy atom. The number of carboxylic acid groups (broad SMARTS) is 1. The zero-order chi connectivity index (χ0) is 16.8. The standard InChI is InChI=1S/C19H17N3O2/c23-19(24)16-13-20-17(11-14-7-3-1-4-8-14)22-18(16)21-12-15-9-5-2-6-10-15/h1-10,13H,11-12H2,(H,23,24)(H,20,21,22). The predicted octanol–water partition coefficient (Wildman–Crippen LogP) is 3.38. The second-order valence-electron chi connectivity index (χ2n) is 5.36. The fraction of sp³-hybridized carbons (Fsp3) is 0.105. The first-order chi connectivity index (χ1) is 11.7. The molecule has 0 fully saturated rings. The summed E-state index contributed by atoms with van der Waals surface area (Å²) in [6, 6.07) is 19.6. The van der Waals surface area contributed by atoms with E-state index in [4.69, 9.17) is 0 Å². The second kappa shape index (κ2) is 7.37. The van der Waals surface area contributed by atoms with E-state index < -0.39 is 5.97 Å². The van der Waals surface area contributed by atoms with Crippen LogP contribution in [0.2, 0.25) is 0 Å².